The number of sulfone groups is 1. The standard InChI is InChI=1S/C11H14F2N2O4S2/c12-9-1-2-10(11(13)8(9)7-14)21(18,19)15-3-5-20(16,17)6-4-15/h1-2H,3-7,14H2. The highest BCUT2D eigenvalue weighted by Crippen LogP contribution is 2.24. The van der Waals surface area contributed by atoms with Crippen LogP contribution in [0.1, 0.15) is 5.56 Å². The number of hydrogen-bond acceptors (Lipinski definition) is 5. The maximum absolute atomic E-state index is 14.1. The lowest BCUT2D eigenvalue weighted by Crippen LogP contribution is -2.43. The van der Waals surface area contributed by atoms with Gasteiger partial charge in [0.1, 0.15) is 10.7 Å². The van der Waals surface area contributed by atoms with Crippen molar-refractivity contribution in [1.82, 2.24) is 4.31 Å². The quantitative estimate of drug-likeness (QED) is 0.825. The van der Waals surface area contributed by atoms with Gasteiger partial charge in [-0.2, -0.15) is 4.31 Å². The summed E-state index contributed by atoms with van der Waals surface area (Å²) in [5.41, 5.74) is 4.70. The summed E-state index contributed by atoms with van der Waals surface area (Å²) in [6.45, 7) is -0.978. The largest absolute Gasteiger partial charge is 0.326 e. The first kappa shape index (κ1) is 16.3. The first-order chi connectivity index (χ1) is 9.69. The second-order valence-electron chi connectivity index (χ2n) is 4.60. The summed E-state index contributed by atoms with van der Waals surface area (Å²) in [5, 5.41) is 0. The summed E-state index contributed by atoms with van der Waals surface area (Å²) in [7, 11) is -7.49. The van der Waals surface area contributed by atoms with Gasteiger partial charge in [-0.1, -0.05) is 0 Å². The Morgan fingerprint density at radius 1 is 1.19 bits per heavy atom. The zero-order valence-electron chi connectivity index (χ0n) is 10.9. The number of hydrogen-bond donors (Lipinski definition) is 1. The molecule has 1 fully saturated rings. The van der Waals surface area contributed by atoms with Crippen LogP contribution in [0.5, 0.6) is 0 Å². The molecule has 0 bridgehead atoms. The molecule has 0 atom stereocenters. The van der Waals surface area contributed by atoms with Crippen molar-refractivity contribution in [3.63, 3.8) is 0 Å². The van der Waals surface area contributed by atoms with Crippen LogP contribution in [0.2, 0.25) is 0 Å². The summed E-state index contributed by atoms with van der Waals surface area (Å²) in [4.78, 5) is -0.691. The number of halogens is 2. The van der Waals surface area contributed by atoms with Crippen molar-refractivity contribution in [2.45, 2.75) is 11.4 Å². The van der Waals surface area contributed by atoms with Gasteiger partial charge >= 0.3 is 0 Å². The van der Waals surface area contributed by atoms with E-state index < -0.39 is 48.5 Å². The molecule has 1 aliphatic rings. The van der Waals surface area contributed by atoms with E-state index >= 15 is 0 Å². The molecule has 2 rings (SSSR count). The first-order valence-corrected chi connectivity index (χ1v) is 9.33. The van der Waals surface area contributed by atoms with Crippen molar-refractivity contribution >= 4 is 19.9 Å². The third-order valence-corrected chi connectivity index (χ3v) is 6.80. The number of rotatable bonds is 3. The Balaban J connectivity index is 2.42. The molecule has 118 valence electrons. The van der Waals surface area contributed by atoms with E-state index in [1.807, 2.05) is 0 Å². The summed E-state index contributed by atoms with van der Waals surface area (Å²) in [5.74, 6) is -2.79. The minimum atomic E-state index is -4.22. The molecule has 1 aromatic rings. The van der Waals surface area contributed by atoms with Crippen molar-refractivity contribution in [2.75, 3.05) is 24.6 Å². The van der Waals surface area contributed by atoms with Crippen LogP contribution in [-0.4, -0.2) is 45.7 Å². The predicted molar refractivity (Wildman–Crippen MR) is 71.7 cm³/mol. The average molecular weight is 340 g/mol. The van der Waals surface area contributed by atoms with Crippen LogP contribution in [0.4, 0.5) is 8.78 Å². The molecule has 1 aliphatic heterocycles. The summed E-state index contributed by atoms with van der Waals surface area (Å²) < 4.78 is 75.6. The molecular weight excluding hydrogens is 326 g/mol. The molecule has 2 N–H and O–H groups in total. The number of nitrogens with zero attached hydrogens (tertiary/aromatic N) is 1. The highest BCUT2D eigenvalue weighted by Gasteiger charge is 2.33. The van der Waals surface area contributed by atoms with Gasteiger partial charge in [0, 0.05) is 25.2 Å². The minimum Gasteiger partial charge on any atom is -0.326 e. The maximum Gasteiger partial charge on any atom is 0.246 e. The zero-order valence-corrected chi connectivity index (χ0v) is 12.6. The topological polar surface area (TPSA) is 97.5 Å². The van der Waals surface area contributed by atoms with Gasteiger partial charge in [0.25, 0.3) is 0 Å². The lowest BCUT2D eigenvalue weighted by atomic mass is 10.2. The molecule has 0 amide bonds. The fourth-order valence-electron chi connectivity index (χ4n) is 2.04. The average Bonchev–Trinajstić information content (AvgIpc) is 2.38. The number of nitrogens with two attached hydrogens (primary N) is 1. The van der Waals surface area contributed by atoms with Crippen molar-refractivity contribution in [1.29, 1.82) is 0 Å². The lowest BCUT2D eigenvalue weighted by molar-refractivity contribution is 0.425. The van der Waals surface area contributed by atoms with Crippen molar-refractivity contribution in [3.8, 4) is 0 Å². The molecule has 0 radical (unpaired) electrons. The van der Waals surface area contributed by atoms with Gasteiger partial charge in [-0.3, -0.25) is 0 Å². The van der Waals surface area contributed by atoms with Crippen LogP contribution < -0.4 is 5.73 Å². The first-order valence-electron chi connectivity index (χ1n) is 6.06. The van der Waals surface area contributed by atoms with Crippen molar-refractivity contribution in [2.24, 2.45) is 5.73 Å². The highest BCUT2D eigenvalue weighted by atomic mass is 32.2. The fraction of sp³-hybridized carbons (Fsp3) is 0.455. The molecule has 1 heterocycles. The van der Waals surface area contributed by atoms with Crippen LogP contribution in [-0.2, 0) is 26.4 Å². The Bertz CT molecular complexity index is 749. The molecule has 0 aliphatic carbocycles. The number of sulfonamides is 1. The van der Waals surface area contributed by atoms with Gasteiger partial charge in [0.15, 0.2) is 15.7 Å². The predicted octanol–water partition coefficient (Wildman–Crippen LogP) is -0.157. The molecule has 0 spiro atoms. The van der Waals surface area contributed by atoms with Gasteiger partial charge < -0.3 is 5.73 Å². The van der Waals surface area contributed by atoms with Crippen LogP contribution >= 0.6 is 0 Å². The van der Waals surface area contributed by atoms with E-state index in [4.69, 9.17) is 5.73 Å². The van der Waals surface area contributed by atoms with E-state index in [1.165, 1.54) is 0 Å². The molecule has 6 nitrogen and oxygen atoms in total. The normalized spacial score (nSPS) is 19.6. The van der Waals surface area contributed by atoms with Gasteiger partial charge in [-0.15, -0.1) is 0 Å². The third kappa shape index (κ3) is 3.07. The van der Waals surface area contributed by atoms with Gasteiger partial charge in [0.2, 0.25) is 10.0 Å². The molecule has 0 aromatic heterocycles. The van der Waals surface area contributed by atoms with E-state index in [2.05, 4.69) is 0 Å². The van der Waals surface area contributed by atoms with E-state index in [0.717, 1.165) is 16.4 Å². The van der Waals surface area contributed by atoms with E-state index in [-0.39, 0.29) is 24.6 Å². The minimum absolute atomic E-state index is 0.251. The SMILES string of the molecule is NCc1c(F)ccc(S(=O)(=O)N2CCS(=O)(=O)CC2)c1F. The van der Waals surface area contributed by atoms with Gasteiger partial charge in [-0.25, -0.2) is 25.6 Å². The second kappa shape index (κ2) is 5.59. The van der Waals surface area contributed by atoms with E-state index in [9.17, 15) is 25.6 Å². The van der Waals surface area contributed by atoms with Gasteiger partial charge in [0.05, 0.1) is 11.5 Å². The molecular formula is C11H14F2N2O4S2. The Morgan fingerprint density at radius 3 is 2.29 bits per heavy atom. The summed E-state index contributed by atoms with van der Waals surface area (Å²) >= 11 is 0. The second-order valence-corrected chi connectivity index (χ2v) is 8.81. The van der Waals surface area contributed by atoms with Crippen LogP contribution in [0.25, 0.3) is 0 Å². The smallest absolute Gasteiger partial charge is 0.246 e. The molecule has 21 heavy (non-hydrogen) atoms. The van der Waals surface area contributed by atoms with E-state index in [0.29, 0.717) is 0 Å². The Morgan fingerprint density at radius 2 is 1.76 bits per heavy atom. The highest BCUT2D eigenvalue weighted by molar-refractivity contribution is 7.92. The molecule has 1 aromatic carbocycles. The molecule has 10 heteroatoms. The Hall–Kier alpha value is -1.10. The van der Waals surface area contributed by atoms with Crippen LogP contribution in [0, 0.1) is 11.6 Å². The third-order valence-electron chi connectivity index (χ3n) is 3.28. The molecule has 1 saturated heterocycles. The number of benzene rings is 1. The Kier molecular flexibility index (Phi) is 4.34. The summed E-state index contributed by atoms with van der Waals surface area (Å²) in [6.07, 6.45) is 0. The Labute approximate surface area is 121 Å². The van der Waals surface area contributed by atoms with Crippen LogP contribution in [0.15, 0.2) is 17.0 Å². The lowest BCUT2D eigenvalue weighted by Gasteiger charge is -2.26. The van der Waals surface area contributed by atoms with Gasteiger partial charge in [-0.05, 0) is 12.1 Å². The zero-order chi connectivity index (χ0) is 15.8. The molecule has 0 saturated carbocycles. The van der Waals surface area contributed by atoms with Crippen LogP contribution in [0.3, 0.4) is 0 Å². The van der Waals surface area contributed by atoms with Crippen molar-refractivity contribution in [3.05, 3.63) is 29.3 Å². The van der Waals surface area contributed by atoms with Crippen molar-refractivity contribution < 1.29 is 25.6 Å². The summed E-state index contributed by atoms with van der Waals surface area (Å²) in [6, 6.07) is 1.65. The molecule has 0 unspecified atom stereocenters. The monoisotopic (exact) mass is 340 g/mol. The maximum atomic E-state index is 14.1. The van der Waals surface area contributed by atoms with E-state index in [1.54, 1.807) is 0 Å². The fourth-order valence-corrected chi connectivity index (χ4v) is 5.00.